The molecule has 0 N–H and O–H groups in total. The maximum atomic E-state index is 12.7. The molecule has 0 aromatic heterocycles. The minimum absolute atomic E-state index is 0.175. The number of nitrogens with zero attached hydrogens (tertiary/aromatic N) is 2. The number of hydrogen-bond acceptors (Lipinski definition) is 5. The topological polar surface area (TPSA) is 68.2 Å². The average molecular weight is 481 g/mol. The lowest BCUT2D eigenvalue weighted by atomic mass is 9.85. The fourth-order valence-corrected chi connectivity index (χ4v) is 5.01. The van der Waals surface area contributed by atoms with Gasteiger partial charge in [0.2, 0.25) is 0 Å². The second kappa shape index (κ2) is 7.96. The Labute approximate surface area is 188 Å². The highest BCUT2D eigenvalue weighted by atomic mass is 79.9. The van der Waals surface area contributed by atoms with E-state index in [0.29, 0.717) is 23.7 Å². The SMILES string of the molecule is COc1cc(/C=N/N2C(=O)C3C4C=CC(C4)C3C2=O)ccc1OCc1ccc(Br)cc1. The Morgan fingerprint density at radius 2 is 1.71 bits per heavy atom. The van der Waals surface area contributed by atoms with E-state index in [9.17, 15) is 9.59 Å². The van der Waals surface area contributed by atoms with E-state index < -0.39 is 0 Å². The minimum Gasteiger partial charge on any atom is -0.493 e. The highest BCUT2D eigenvalue weighted by Crippen LogP contribution is 2.52. The molecule has 1 saturated carbocycles. The summed E-state index contributed by atoms with van der Waals surface area (Å²) in [5.74, 6) is 0.635. The van der Waals surface area contributed by atoms with Crippen LogP contribution in [-0.4, -0.2) is 30.1 Å². The van der Waals surface area contributed by atoms with Crippen LogP contribution in [0.25, 0.3) is 0 Å². The van der Waals surface area contributed by atoms with Gasteiger partial charge in [-0.2, -0.15) is 10.1 Å². The molecule has 0 spiro atoms. The van der Waals surface area contributed by atoms with E-state index in [2.05, 4.69) is 33.2 Å². The number of imide groups is 1. The fourth-order valence-electron chi connectivity index (χ4n) is 4.75. The standard InChI is InChI=1S/C24H21BrN2O4/c1-30-20-10-15(4-9-19(20)31-13-14-2-7-18(25)8-3-14)12-26-27-23(28)21-16-5-6-17(11-16)22(21)24(27)29/h2-10,12,16-17,21-22H,11,13H2,1H3/b26-12+. The summed E-state index contributed by atoms with van der Waals surface area (Å²) in [6, 6.07) is 13.3. The number of amides is 2. The molecule has 2 amide bonds. The zero-order valence-electron chi connectivity index (χ0n) is 16.9. The van der Waals surface area contributed by atoms with Crippen LogP contribution in [-0.2, 0) is 16.2 Å². The zero-order valence-corrected chi connectivity index (χ0v) is 18.5. The van der Waals surface area contributed by atoms with E-state index in [4.69, 9.17) is 9.47 Å². The molecule has 6 nitrogen and oxygen atoms in total. The van der Waals surface area contributed by atoms with Gasteiger partial charge in [0.25, 0.3) is 11.8 Å². The van der Waals surface area contributed by atoms with Crippen LogP contribution >= 0.6 is 15.9 Å². The van der Waals surface area contributed by atoms with Gasteiger partial charge in [-0.05, 0) is 59.7 Å². The largest absolute Gasteiger partial charge is 0.493 e. The number of benzene rings is 2. The highest BCUT2D eigenvalue weighted by molar-refractivity contribution is 9.10. The number of rotatable bonds is 6. The number of hydrazone groups is 1. The van der Waals surface area contributed by atoms with Crippen LogP contribution < -0.4 is 9.47 Å². The third kappa shape index (κ3) is 3.57. The van der Waals surface area contributed by atoms with Gasteiger partial charge in [-0.3, -0.25) is 9.59 Å². The van der Waals surface area contributed by atoms with Crippen molar-refractivity contribution >= 4 is 34.0 Å². The number of allylic oxidation sites excluding steroid dienone is 2. The first-order valence-corrected chi connectivity index (χ1v) is 11.0. The van der Waals surface area contributed by atoms with Crippen LogP contribution in [0.5, 0.6) is 11.5 Å². The number of methoxy groups -OCH3 is 1. The number of fused-ring (bicyclic) bond motifs is 5. The van der Waals surface area contributed by atoms with Gasteiger partial charge in [0.15, 0.2) is 11.5 Å². The molecule has 4 atom stereocenters. The smallest absolute Gasteiger partial charge is 0.254 e. The first-order valence-electron chi connectivity index (χ1n) is 10.2. The van der Waals surface area contributed by atoms with Crippen LogP contribution in [0, 0.1) is 23.7 Å². The van der Waals surface area contributed by atoms with Gasteiger partial charge in [0.1, 0.15) is 6.61 Å². The van der Waals surface area contributed by atoms with Crippen molar-refractivity contribution in [2.24, 2.45) is 28.8 Å². The monoisotopic (exact) mass is 480 g/mol. The van der Waals surface area contributed by atoms with Crippen molar-refractivity contribution in [3.8, 4) is 11.5 Å². The summed E-state index contributed by atoms with van der Waals surface area (Å²) in [7, 11) is 1.57. The molecule has 5 rings (SSSR count). The fraction of sp³-hybridized carbons (Fsp3) is 0.292. The van der Waals surface area contributed by atoms with E-state index >= 15 is 0 Å². The molecule has 1 heterocycles. The Balaban J connectivity index is 1.29. The molecule has 2 aliphatic carbocycles. The lowest BCUT2D eigenvalue weighted by Gasteiger charge is -2.13. The maximum absolute atomic E-state index is 12.7. The summed E-state index contributed by atoms with van der Waals surface area (Å²) in [5.41, 5.74) is 1.75. The molecule has 31 heavy (non-hydrogen) atoms. The quantitative estimate of drug-likeness (QED) is 0.353. The average Bonchev–Trinajstić information content (AvgIpc) is 3.46. The molecule has 3 aliphatic rings. The van der Waals surface area contributed by atoms with E-state index in [1.807, 2.05) is 30.3 Å². The van der Waals surface area contributed by atoms with Gasteiger partial charge in [-0.25, -0.2) is 0 Å². The maximum Gasteiger partial charge on any atom is 0.254 e. The molecule has 4 unspecified atom stereocenters. The predicted octanol–water partition coefficient (Wildman–Crippen LogP) is 4.18. The van der Waals surface area contributed by atoms with Crippen molar-refractivity contribution in [3.63, 3.8) is 0 Å². The summed E-state index contributed by atoms with van der Waals surface area (Å²) in [6.45, 7) is 0.410. The third-order valence-corrected chi connectivity index (χ3v) is 6.79. The molecular weight excluding hydrogens is 460 g/mol. The minimum atomic E-state index is -0.247. The Morgan fingerprint density at radius 3 is 2.35 bits per heavy atom. The first kappa shape index (κ1) is 20.0. The molecule has 7 heteroatoms. The predicted molar refractivity (Wildman–Crippen MR) is 119 cm³/mol. The van der Waals surface area contributed by atoms with E-state index in [0.717, 1.165) is 21.5 Å². The molecule has 1 saturated heterocycles. The van der Waals surface area contributed by atoms with Crippen molar-refractivity contribution in [2.45, 2.75) is 13.0 Å². The molecule has 2 aromatic carbocycles. The molecule has 2 bridgehead atoms. The van der Waals surface area contributed by atoms with Gasteiger partial charge >= 0.3 is 0 Å². The van der Waals surface area contributed by atoms with Gasteiger partial charge < -0.3 is 9.47 Å². The van der Waals surface area contributed by atoms with Crippen LogP contribution in [0.4, 0.5) is 0 Å². The van der Waals surface area contributed by atoms with Crippen LogP contribution in [0.2, 0.25) is 0 Å². The van der Waals surface area contributed by atoms with E-state index in [1.165, 1.54) is 6.21 Å². The van der Waals surface area contributed by atoms with Gasteiger partial charge in [0, 0.05) is 4.47 Å². The first-order chi connectivity index (χ1) is 15.0. The van der Waals surface area contributed by atoms with Crippen molar-refractivity contribution in [1.82, 2.24) is 5.01 Å². The number of hydrogen-bond donors (Lipinski definition) is 0. The molecule has 1 aliphatic heterocycles. The molecule has 0 radical (unpaired) electrons. The summed E-state index contributed by atoms with van der Waals surface area (Å²) in [5, 5.41) is 5.27. The molecule has 2 aromatic rings. The number of ether oxygens (including phenoxy) is 2. The normalized spacial score (nSPS) is 26.2. The number of carbonyl (C=O) groups is 2. The van der Waals surface area contributed by atoms with Gasteiger partial charge in [0.05, 0.1) is 25.2 Å². The lowest BCUT2D eigenvalue weighted by Crippen LogP contribution is -2.28. The van der Waals surface area contributed by atoms with Crippen molar-refractivity contribution < 1.29 is 19.1 Å². The van der Waals surface area contributed by atoms with Crippen LogP contribution in [0.1, 0.15) is 17.5 Å². The van der Waals surface area contributed by atoms with Crippen LogP contribution in [0.3, 0.4) is 0 Å². The Kier molecular flexibility index (Phi) is 5.14. The Bertz CT molecular complexity index is 1070. The van der Waals surface area contributed by atoms with Gasteiger partial charge in [-0.15, -0.1) is 0 Å². The third-order valence-electron chi connectivity index (χ3n) is 6.26. The van der Waals surface area contributed by atoms with E-state index in [1.54, 1.807) is 19.2 Å². The molecule has 158 valence electrons. The summed E-state index contributed by atoms with van der Waals surface area (Å²) >= 11 is 3.42. The van der Waals surface area contributed by atoms with E-state index in [-0.39, 0.29) is 35.5 Å². The second-order valence-corrected chi connectivity index (χ2v) is 8.97. The number of carbonyl (C=O) groups excluding carboxylic acids is 2. The van der Waals surface area contributed by atoms with Gasteiger partial charge in [-0.1, -0.05) is 40.2 Å². The summed E-state index contributed by atoms with van der Waals surface area (Å²) < 4.78 is 12.4. The van der Waals surface area contributed by atoms with Crippen molar-refractivity contribution in [1.29, 1.82) is 0 Å². The second-order valence-electron chi connectivity index (χ2n) is 8.06. The highest BCUT2D eigenvalue weighted by Gasteiger charge is 2.59. The number of halogens is 1. The molecule has 2 fully saturated rings. The van der Waals surface area contributed by atoms with Crippen LogP contribution in [0.15, 0.2) is 64.2 Å². The van der Waals surface area contributed by atoms with Crippen molar-refractivity contribution in [3.05, 3.63) is 70.2 Å². The van der Waals surface area contributed by atoms with Crippen molar-refractivity contribution in [2.75, 3.05) is 7.11 Å². The Morgan fingerprint density at radius 1 is 1.03 bits per heavy atom. The zero-order chi connectivity index (χ0) is 21.5. The summed E-state index contributed by atoms with van der Waals surface area (Å²) in [6.07, 6.45) is 6.57. The molecular formula is C24H21BrN2O4. The Hall–Kier alpha value is -2.93. The lowest BCUT2D eigenvalue weighted by molar-refractivity contribution is -0.140. The summed E-state index contributed by atoms with van der Waals surface area (Å²) in [4.78, 5) is 25.5.